The summed E-state index contributed by atoms with van der Waals surface area (Å²) in [7, 11) is 0. The molecule has 2 aliphatic heterocycles. The van der Waals surface area contributed by atoms with Crippen LogP contribution >= 0.6 is 11.8 Å². The normalized spacial score (nSPS) is 17.3. The Morgan fingerprint density at radius 2 is 0.816 bits per heavy atom. The minimum Gasteiger partial charge on any atom is -0.257 e. The Balaban J connectivity index is 0.980. The summed E-state index contributed by atoms with van der Waals surface area (Å²) >= 11 is 1.78. The number of nitrogens with zero attached hydrogens (tertiary/aromatic N) is 4. The zero-order valence-electron chi connectivity index (χ0n) is 27.8. The topological polar surface area (TPSA) is 31.2 Å². The van der Waals surface area contributed by atoms with E-state index in [1.54, 1.807) is 11.8 Å². The molecule has 240 valence electrons. The van der Waals surface area contributed by atoms with E-state index in [-0.39, 0.29) is 12.1 Å². The van der Waals surface area contributed by atoms with Gasteiger partial charge in [0.2, 0.25) is 0 Å². The van der Waals surface area contributed by atoms with Gasteiger partial charge in [0.05, 0.1) is 34.9 Å². The van der Waals surface area contributed by atoms with E-state index in [2.05, 4.69) is 182 Å². The number of hydrogen-bond acceptors (Lipinski definition) is 5. The maximum absolute atomic E-state index is 5.15. The highest BCUT2D eigenvalue weighted by Gasteiger charge is 2.31. The van der Waals surface area contributed by atoms with Gasteiger partial charge in [-0.1, -0.05) is 132 Å². The largest absolute Gasteiger partial charge is 0.257 e. The van der Waals surface area contributed by atoms with Crippen LogP contribution in [0.15, 0.2) is 178 Å². The second kappa shape index (κ2) is 13.6. The van der Waals surface area contributed by atoms with E-state index in [0.717, 1.165) is 35.6 Å². The molecule has 0 saturated heterocycles. The monoisotopic (exact) mass is 654 g/mol. The van der Waals surface area contributed by atoms with Crippen LogP contribution in [0, 0.1) is 13.8 Å². The molecule has 0 spiro atoms. The van der Waals surface area contributed by atoms with E-state index in [4.69, 9.17) is 10.2 Å². The molecule has 0 aliphatic carbocycles. The van der Waals surface area contributed by atoms with E-state index in [1.165, 1.54) is 43.2 Å². The minimum atomic E-state index is 0.168. The van der Waals surface area contributed by atoms with Crippen molar-refractivity contribution in [2.45, 2.75) is 48.6 Å². The first-order valence-corrected chi connectivity index (χ1v) is 17.7. The lowest BCUT2D eigenvalue weighted by Crippen LogP contribution is -2.18. The molecule has 2 aliphatic rings. The van der Waals surface area contributed by atoms with Crippen molar-refractivity contribution >= 4 is 34.6 Å². The quantitative estimate of drug-likeness (QED) is 0.164. The third kappa shape index (κ3) is 6.67. The summed E-state index contributed by atoms with van der Waals surface area (Å²) in [5.74, 6) is 0. The van der Waals surface area contributed by atoms with Crippen molar-refractivity contribution in [3.05, 3.63) is 191 Å². The molecule has 6 aromatic carbocycles. The maximum atomic E-state index is 5.15. The van der Waals surface area contributed by atoms with Crippen molar-refractivity contribution in [2.24, 2.45) is 10.2 Å². The molecule has 49 heavy (non-hydrogen) atoms. The third-order valence-electron chi connectivity index (χ3n) is 9.40. The van der Waals surface area contributed by atoms with Crippen LogP contribution in [0.5, 0.6) is 0 Å². The summed E-state index contributed by atoms with van der Waals surface area (Å²) in [5.41, 5.74) is 11.9. The summed E-state index contributed by atoms with van der Waals surface area (Å²) in [4.78, 5) is 2.41. The number of aryl methyl sites for hydroxylation is 2. The van der Waals surface area contributed by atoms with Gasteiger partial charge in [0.15, 0.2) is 0 Å². The molecule has 0 bridgehead atoms. The van der Waals surface area contributed by atoms with Crippen molar-refractivity contribution in [1.82, 2.24) is 0 Å². The molecule has 6 aromatic rings. The van der Waals surface area contributed by atoms with Gasteiger partial charge in [-0.05, 0) is 84.6 Å². The van der Waals surface area contributed by atoms with Gasteiger partial charge >= 0.3 is 0 Å². The fraction of sp³-hybridized carbons (Fsp3) is 0.136. The van der Waals surface area contributed by atoms with Crippen LogP contribution in [0.1, 0.15) is 58.3 Å². The van der Waals surface area contributed by atoms with Crippen LogP contribution in [0.2, 0.25) is 0 Å². The molecule has 2 atom stereocenters. The molecule has 0 amide bonds. The summed E-state index contributed by atoms with van der Waals surface area (Å²) < 4.78 is 0. The molecule has 4 nitrogen and oxygen atoms in total. The molecule has 0 aromatic heterocycles. The lowest BCUT2D eigenvalue weighted by Gasteiger charge is -2.24. The lowest BCUT2D eigenvalue weighted by atomic mass is 9.97. The molecule has 5 heteroatoms. The van der Waals surface area contributed by atoms with Gasteiger partial charge < -0.3 is 0 Å². The van der Waals surface area contributed by atoms with Gasteiger partial charge in [0.25, 0.3) is 0 Å². The standard InChI is InChI=1S/C44H38N4S/c1-31-13-17-35(18-14-31)43-29-41(45-47(43)37-9-5-3-6-10-37)33-21-25-39(26-22-33)49-40-27-23-34(24-28-40)42-30-44(36-19-15-32(2)16-20-36)48(46-42)38-11-7-4-8-12-38/h3-28,43-44H,29-30H2,1-2H3. The molecular weight excluding hydrogens is 617 g/mol. The van der Waals surface area contributed by atoms with E-state index < -0.39 is 0 Å². The van der Waals surface area contributed by atoms with Gasteiger partial charge in [-0.15, -0.1) is 0 Å². The number of hydrogen-bond donors (Lipinski definition) is 0. The van der Waals surface area contributed by atoms with Crippen molar-refractivity contribution in [1.29, 1.82) is 0 Å². The smallest absolute Gasteiger partial charge is 0.0831 e. The Hall–Kier alpha value is -5.39. The Bertz CT molecular complexity index is 1930. The van der Waals surface area contributed by atoms with Crippen LogP contribution in [-0.2, 0) is 0 Å². The van der Waals surface area contributed by atoms with E-state index in [0.29, 0.717) is 0 Å². The second-order valence-corrected chi connectivity index (χ2v) is 14.0. The first-order valence-electron chi connectivity index (χ1n) is 16.9. The van der Waals surface area contributed by atoms with Gasteiger partial charge in [0.1, 0.15) is 0 Å². The SMILES string of the molecule is Cc1ccc(C2CC(c3ccc(Sc4ccc(C5=NN(c6ccccc6)C(c6ccc(C)cc6)C5)cc4)cc3)=NN2c2ccccc2)cc1. The third-order valence-corrected chi connectivity index (χ3v) is 10.4. The number of benzene rings is 6. The molecule has 0 saturated carbocycles. The van der Waals surface area contributed by atoms with Crippen molar-refractivity contribution in [3.63, 3.8) is 0 Å². The molecule has 0 radical (unpaired) electrons. The van der Waals surface area contributed by atoms with Crippen LogP contribution in [0.3, 0.4) is 0 Å². The molecule has 8 rings (SSSR count). The highest BCUT2D eigenvalue weighted by Crippen LogP contribution is 2.39. The average molecular weight is 655 g/mol. The highest BCUT2D eigenvalue weighted by molar-refractivity contribution is 7.99. The highest BCUT2D eigenvalue weighted by atomic mass is 32.2. The van der Waals surface area contributed by atoms with Crippen molar-refractivity contribution in [2.75, 3.05) is 10.0 Å². The number of para-hydroxylation sites is 2. The van der Waals surface area contributed by atoms with E-state index in [9.17, 15) is 0 Å². The zero-order valence-corrected chi connectivity index (χ0v) is 28.6. The second-order valence-electron chi connectivity index (χ2n) is 12.9. The average Bonchev–Trinajstić information content (AvgIpc) is 3.80. The summed E-state index contributed by atoms with van der Waals surface area (Å²) in [6.45, 7) is 4.27. The predicted octanol–water partition coefficient (Wildman–Crippen LogP) is 11.2. The lowest BCUT2D eigenvalue weighted by molar-refractivity contribution is 0.709. The Morgan fingerprint density at radius 3 is 1.18 bits per heavy atom. The predicted molar refractivity (Wildman–Crippen MR) is 205 cm³/mol. The number of anilines is 2. The molecule has 2 unspecified atom stereocenters. The van der Waals surface area contributed by atoms with Crippen LogP contribution in [-0.4, -0.2) is 11.4 Å². The molecule has 0 fully saturated rings. The fourth-order valence-corrected chi connectivity index (χ4v) is 7.49. The summed E-state index contributed by atoms with van der Waals surface area (Å²) in [6, 6.07) is 56.8. The van der Waals surface area contributed by atoms with Crippen molar-refractivity contribution < 1.29 is 0 Å². The van der Waals surface area contributed by atoms with Gasteiger partial charge in [-0.2, -0.15) is 10.2 Å². The van der Waals surface area contributed by atoms with Gasteiger partial charge in [-0.25, -0.2) is 0 Å². The minimum absolute atomic E-state index is 0.168. The number of rotatable bonds is 8. The molecular formula is C44H38N4S. The fourth-order valence-electron chi connectivity index (χ4n) is 6.67. The zero-order chi connectivity index (χ0) is 33.2. The Kier molecular flexibility index (Phi) is 8.59. The molecule has 2 heterocycles. The Labute approximate surface area is 293 Å². The van der Waals surface area contributed by atoms with Crippen LogP contribution in [0.4, 0.5) is 11.4 Å². The van der Waals surface area contributed by atoms with Crippen LogP contribution < -0.4 is 10.0 Å². The molecule has 0 N–H and O–H groups in total. The first-order chi connectivity index (χ1) is 24.1. The summed E-state index contributed by atoms with van der Waals surface area (Å²) in [5, 5.41) is 14.7. The number of hydrazone groups is 2. The maximum Gasteiger partial charge on any atom is 0.0831 e. The van der Waals surface area contributed by atoms with Gasteiger partial charge in [-0.3, -0.25) is 10.0 Å². The van der Waals surface area contributed by atoms with E-state index in [1.807, 2.05) is 0 Å². The van der Waals surface area contributed by atoms with Crippen LogP contribution in [0.25, 0.3) is 0 Å². The Morgan fingerprint density at radius 1 is 0.449 bits per heavy atom. The van der Waals surface area contributed by atoms with Gasteiger partial charge in [0, 0.05) is 22.6 Å². The first kappa shape index (κ1) is 30.9. The van der Waals surface area contributed by atoms with Crippen molar-refractivity contribution in [3.8, 4) is 0 Å². The summed E-state index contributed by atoms with van der Waals surface area (Å²) in [6.07, 6.45) is 1.73. The van der Waals surface area contributed by atoms with E-state index >= 15 is 0 Å².